The number of hydrogen-bond donors (Lipinski definition) is 2. The van der Waals surface area contributed by atoms with Crippen LogP contribution in [0.1, 0.15) is 39.2 Å². The van der Waals surface area contributed by atoms with Crippen molar-refractivity contribution in [2.45, 2.75) is 51.7 Å². The first kappa shape index (κ1) is 18.2. The minimum atomic E-state index is -0.580. The van der Waals surface area contributed by atoms with Gasteiger partial charge in [-0.25, -0.2) is 0 Å². The molecule has 0 bridgehead atoms. The summed E-state index contributed by atoms with van der Waals surface area (Å²) in [5.41, 5.74) is 6.42. The Morgan fingerprint density at radius 1 is 1.23 bits per heavy atom. The summed E-state index contributed by atoms with van der Waals surface area (Å²) >= 11 is 0. The van der Waals surface area contributed by atoms with E-state index >= 15 is 0 Å². The van der Waals surface area contributed by atoms with Gasteiger partial charge in [-0.05, 0) is 39.2 Å². The van der Waals surface area contributed by atoms with Gasteiger partial charge in [-0.2, -0.15) is 0 Å². The fraction of sp³-hybridized carbons (Fsp3) is 0.529. The van der Waals surface area contributed by atoms with Gasteiger partial charge in [0.1, 0.15) is 5.60 Å². The Labute approximate surface area is 132 Å². The molecule has 22 heavy (non-hydrogen) atoms. The van der Waals surface area contributed by atoms with Crippen molar-refractivity contribution in [3.8, 4) is 0 Å². The zero-order chi connectivity index (χ0) is 16.6. The van der Waals surface area contributed by atoms with E-state index in [0.717, 1.165) is 5.56 Å². The highest BCUT2D eigenvalue weighted by Crippen LogP contribution is 2.08. The molecule has 0 aliphatic carbocycles. The molecule has 3 N–H and O–H groups in total. The van der Waals surface area contributed by atoms with Crippen LogP contribution in [0.25, 0.3) is 0 Å². The van der Waals surface area contributed by atoms with Gasteiger partial charge in [-0.1, -0.05) is 30.3 Å². The van der Waals surface area contributed by atoms with Gasteiger partial charge in [-0.3, -0.25) is 9.59 Å². The van der Waals surface area contributed by atoms with Crippen molar-refractivity contribution in [1.82, 2.24) is 5.32 Å². The quantitative estimate of drug-likeness (QED) is 0.594. The highest BCUT2D eigenvalue weighted by Gasteiger charge is 2.16. The van der Waals surface area contributed by atoms with Crippen molar-refractivity contribution in [3.63, 3.8) is 0 Å². The molecule has 0 saturated heterocycles. The third-order valence-electron chi connectivity index (χ3n) is 2.91. The van der Waals surface area contributed by atoms with Crippen LogP contribution >= 0.6 is 0 Å². The molecule has 5 heteroatoms. The Balaban J connectivity index is 2.21. The zero-order valence-electron chi connectivity index (χ0n) is 13.6. The largest absolute Gasteiger partial charge is 0.460 e. The average molecular weight is 306 g/mol. The molecule has 0 aliphatic heterocycles. The van der Waals surface area contributed by atoms with Gasteiger partial charge in [0, 0.05) is 13.0 Å². The first-order valence-electron chi connectivity index (χ1n) is 7.57. The molecular formula is C17H26N2O3. The summed E-state index contributed by atoms with van der Waals surface area (Å²) in [6.07, 6.45) is 1.32. The van der Waals surface area contributed by atoms with Gasteiger partial charge in [0.25, 0.3) is 0 Å². The van der Waals surface area contributed by atoms with E-state index in [9.17, 15) is 9.59 Å². The lowest BCUT2D eigenvalue weighted by molar-refractivity contribution is -0.155. The molecule has 0 radical (unpaired) electrons. The number of hydrogen-bond acceptors (Lipinski definition) is 4. The lowest BCUT2D eigenvalue weighted by atomic mass is 10.1. The Hall–Kier alpha value is -1.88. The molecule has 5 nitrogen and oxygen atoms in total. The predicted molar refractivity (Wildman–Crippen MR) is 86.2 cm³/mol. The molecule has 0 aromatic heterocycles. The van der Waals surface area contributed by atoms with E-state index in [2.05, 4.69) is 5.32 Å². The molecular weight excluding hydrogens is 280 g/mol. The van der Waals surface area contributed by atoms with Crippen LogP contribution < -0.4 is 11.1 Å². The molecule has 0 saturated carbocycles. The highest BCUT2D eigenvalue weighted by molar-refractivity contribution is 5.81. The normalized spacial score (nSPS) is 12.5. The minimum absolute atomic E-state index is 0.201. The standard InChI is InChI=1S/C17H26N2O3/c1-17(2,3)22-15(20)10-7-11-19-16(21)14(18)12-13-8-5-4-6-9-13/h4-6,8-9,14H,7,10-12,18H2,1-3H3,(H,19,21). The summed E-state index contributed by atoms with van der Waals surface area (Å²) in [6, 6.07) is 9.06. The number of nitrogens with two attached hydrogens (primary N) is 1. The van der Waals surface area contributed by atoms with Gasteiger partial charge in [0.2, 0.25) is 5.91 Å². The monoisotopic (exact) mass is 306 g/mol. The van der Waals surface area contributed by atoms with Crippen LogP contribution in [-0.4, -0.2) is 30.1 Å². The maximum Gasteiger partial charge on any atom is 0.306 e. The summed E-state index contributed by atoms with van der Waals surface area (Å²) in [4.78, 5) is 23.4. The Bertz CT molecular complexity index is 480. The second-order valence-corrected chi connectivity index (χ2v) is 6.28. The summed E-state index contributed by atoms with van der Waals surface area (Å²) < 4.78 is 5.19. The van der Waals surface area contributed by atoms with Crippen LogP contribution in [0.3, 0.4) is 0 Å². The number of carbonyl (C=O) groups is 2. The summed E-state index contributed by atoms with van der Waals surface area (Å²) in [6.45, 7) is 5.90. The van der Waals surface area contributed by atoms with E-state index in [0.29, 0.717) is 19.4 Å². The Morgan fingerprint density at radius 3 is 2.45 bits per heavy atom. The first-order valence-corrected chi connectivity index (χ1v) is 7.57. The van der Waals surface area contributed by atoms with E-state index in [1.807, 2.05) is 51.1 Å². The van der Waals surface area contributed by atoms with Gasteiger partial charge in [0.15, 0.2) is 0 Å². The van der Waals surface area contributed by atoms with Crippen molar-refractivity contribution in [2.75, 3.05) is 6.54 Å². The number of rotatable bonds is 7. The number of carbonyl (C=O) groups excluding carboxylic acids is 2. The van der Waals surface area contributed by atoms with Crippen molar-refractivity contribution in [3.05, 3.63) is 35.9 Å². The van der Waals surface area contributed by atoms with Crippen molar-refractivity contribution in [2.24, 2.45) is 5.73 Å². The molecule has 1 atom stereocenters. The fourth-order valence-electron chi connectivity index (χ4n) is 1.93. The van der Waals surface area contributed by atoms with E-state index < -0.39 is 11.6 Å². The second kappa shape index (κ2) is 8.54. The number of ether oxygens (including phenoxy) is 1. The summed E-state index contributed by atoms with van der Waals surface area (Å²) in [5, 5.41) is 2.75. The summed E-state index contributed by atoms with van der Waals surface area (Å²) in [5.74, 6) is -0.455. The van der Waals surface area contributed by atoms with E-state index in [-0.39, 0.29) is 18.3 Å². The SMILES string of the molecule is CC(C)(C)OC(=O)CCCNC(=O)C(N)Cc1ccccc1. The zero-order valence-corrected chi connectivity index (χ0v) is 13.6. The van der Waals surface area contributed by atoms with Crippen LogP contribution in [0.15, 0.2) is 30.3 Å². The van der Waals surface area contributed by atoms with Gasteiger partial charge >= 0.3 is 5.97 Å². The molecule has 0 aliphatic rings. The van der Waals surface area contributed by atoms with E-state index in [4.69, 9.17) is 10.5 Å². The molecule has 0 heterocycles. The van der Waals surface area contributed by atoms with E-state index in [1.165, 1.54) is 0 Å². The molecule has 1 unspecified atom stereocenters. The van der Waals surface area contributed by atoms with Crippen LogP contribution in [0.2, 0.25) is 0 Å². The van der Waals surface area contributed by atoms with Crippen LogP contribution in [0.4, 0.5) is 0 Å². The molecule has 1 rings (SSSR count). The third kappa shape index (κ3) is 7.78. The molecule has 0 fully saturated rings. The topological polar surface area (TPSA) is 81.4 Å². The minimum Gasteiger partial charge on any atom is -0.460 e. The van der Waals surface area contributed by atoms with Gasteiger partial charge < -0.3 is 15.8 Å². The molecule has 1 amide bonds. The smallest absolute Gasteiger partial charge is 0.306 e. The summed E-state index contributed by atoms with van der Waals surface area (Å²) in [7, 11) is 0. The Morgan fingerprint density at radius 2 is 1.86 bits per heavy atom. The number of nitrogens with one attached hydrogen (secondary N) is 1. The van der Waals surface area contributed by atoms with Crippen LogP contribution in [-0.2, 0) is 20.7 Å². The lowest BCUT2D eigenvalue weighted by Crippen LogP contribution is -2.42. The first-order chi connectivity index (χ1) is 10.3. The lowest BCUT2D eigenvalue weighted by Gasteiger charge is -2.19. The van der Waals surface area contributed by atoms with Crippen LogP contribution in [0.5, 0.6) is 0 Å². The fourth-order valence-corrected chi connectivity index (χ4v) is 1.93. The van der Waals surface area contributed by atoms with E-state index in [1.54, 1.807) is 0 Å². The van der Waals surface area contributed by atoms with Crippen LogP contribution in [0, 0.1) is 0 Å². The maximum atomic E-state index is 11.9. The number of amides is 1. The Kier molecular flexibility index (Phi) is 7.05. The average Bonchev–Trinajstić information content (AvgIpc) is 2.42. The number of benzene rings is 1. The highest BCUT2D eigenvalue weighted by atomic mass is 16.6. The second-order valence-electron chi connectivity index (χ2n) is 6.28. The molecule has 0 spiro atoms. The molecule has 122 valence electrons. The maximum absolute atomic E-state index is 11.9. The van der Waals surface area contributed by atoms with Gasteiger partial charge in [-0.15, -0.1) is 0 Å². The third-order valence-corrected chi connectivity index (χ3v) is 2.91. The number of esters is 1. The van der Waals surface area contributed by atoms with Crippen molar-refractivity contribution >= 4 is 11.9 Å². The molecule has 1 aromatic carbocycles. The van der Waals surface area contributed by atoms with Crippen molar-refractivity contribution in [1.29, 1.82) is 0 Å². The van der Waals surface area contributed by atoms with Crippen molar-refractivity contribution < 1.29 is 14.3 Å². The predicted octanol–water partition coefficient (Wildman–Crippen LogP) is 1.79. The van der Waals surface area contributed by atoms with Gasteiger partial charge in [0.05, 0.1) is 6.04 Å². The molecule has 1 aromatic rings.